The Kier molecular flexibility index (Phi) is 6.11. The Morgan fingerprint density at radius 1 is 1.16 bits per heavy atom. The second-order valence-electron chi connectivity index (χ2n) is 5.99. The Bertz CT molecular complexity index is 277. The van der Waals surface area contributed by atoms with Crippen LogP contribution >= 0.6 is 0 Å². The summed E-state index contributed by atoms with van der Waals surface area (Å²) in [6.45, 7) is 2.00. The average Bonchev–Trinajstić information content (AvgIpc) is 2.48. The van der Waals surface area contributed by atoms with Crippen LogP contribution in [0.4, 0.5) is 0 Å². The minimum atomic E-state index is 0.135. The molecule has 0 radical (unpaired) electrons. The van der Waals surface area contributed by atoms with Crippen LogP contribution < -0.4 is 16.0 Å². The average molecular weight is 267 g/mol. The first-order valence-corrected chi connectivity index (χ1v) is 7.98. The molecule has 2 rings (SSSR count). The van der Waals surface area contributed by atoms with E-state index < -0.39 is 0 Å². The Hall–Kier alpha value is -0.610. The summed E-state index contributed by atoms with van der Waals surface area (Å²) in [5.74, 6) is 0.898. The molecule has 0 spiro atoms. The van der Waals surface area contributed by atoms with Gasteiger partial charge in [-0.3, -0.25) is 4.79 Å². The van der Waals surface area contributed by atoms with Crippen LogP contribution in [-0.4, -0.2) is 38.1 Å². The molecule has 0 bridgehead atoms. The lowest BCUT2D eigenvalue weighted by Crippen LogP contribution is -2.50. The van der Waals surface area contributed by atoms with E-state index in [1.165, 1.54) is 51.5 Å². The van der Waals surface area contributed by atoms with Gasteiger partial charge >= 0.3 is 0 Å². The molecule has 2 aliphatic rings. The van der Waals surface area contributed by atoms with Crippen LogP contribution in [0.1, 0.15) is 51.4 Å². The normalized spacial score (nSPS) is 31.9. The number of rotatable bonds is 5. The smallest absolute Gasteiger partial charge is 0.221 e. The van der Waals surface area contributed by atoms with E-state index in [2.05, 4.69) is 16.0 Å². The van der Waals surface area contributed by atoms with E-state index in [1.54, 1.807) is 7.05 Å². The Balaban J connectivity index is 1.79. The van der Waals surface area contributed by atoms with Crippen molar-refractivity contribution >= 4 is 5.91 Å². The maximum atomic E-state index is 11.3. The van der Waals surface area contributed by atoms with Gasteiger partial charge in [-0.1, -0.05) is 19.3 Å². The van der Waals surface area contributed by atoms with Crippen molar-refractivity contribution in [2.75, 3.05) is 20.1 Å². The van der Waals surface area contributed by atoms with Crippen molar-refractivity contribution in [2.45, 2.75) is 63.5 Å². The second-order valence-corrected chi connectivity index (χ2v) is 5.99. The van der Waals surface area contributed by atoms with E-state index in [4.69, 9.17) is 0 Å². The monoisotopic (exact) mass is 267 g/mol. The van der Waals surface area contributed by atoms with E-state index in [9.17, 15) is 4.79 Å². The van der Waals surface area contributed by atoms with Gasteiger partial charge < -0.3 is 16.0 Å². The fraction of sp³-hybridized carbons (Fsp3) is 0.933. The molecule has 3 atom stereocenters. The molecule has 3 N–H and O–H groups in total. The molecule has 1 saturated heterocycles. The predicted molar refractivity (Wildman–Crippen MR) is 78.1 cm³/mol. The van der Waals surface area contributed by atoms with Crippen molar-refractivity contribution in [3.8, 4) is 0 Å². The van der Waals surface area contributed by atoms with Gasteiger partial charge in [0, 0.05) is 32.1 Å². The van der Waals surface area contributed by atoms with Gasteiger partial charge in [-0.05, 0) is 38.1 Å². The van der Waals surface area contributed by atoms with Crippen LogP contribution in [0.5, 0.6) is 0 Å². The van der Waals surface area contributed by atoms with E-state index in [0.29, 0.717) is 18.5 Å². The highest BCUT2D eigenvalue weighted by molar-refractivity contribution is 5.75. The van der Waals surface area contributed by atoms with Gasteiger partial charge in [0.2, 0.25) is 5.91 Å². The van der Waals surface area contributed by atoms with Crippen LogP contribution in [0.25, 0.3) is 0 Å². The summed E-state index contributed by atoms with van der Waals surface area (Å²) in [5.41, 5.74) is 0. The van der Waals surface area contributed by atoms with E-state index >= 15 is 0 Å². The molecular formula is C15H29N3O. The molecule has 0 aromatic rings. The molecule has 4 nitrogen and oxygen atoms in total. The van der Waals surface area contributed by atoms with Crippen LogP contribution in [0.15, 0.2) is 0 Å². The highest BCUT2D eigenvalue weighted by Crippen LogP contribution is 2.30. The molecule has 1 saturated carbocycles. The number of hydrogen-bond donors (Lipinski definition) is 3. The van der Waals surface area contributed by atoms with Gasteiger partial charge in [0.15, 0.2) is 0 Å². The summed E-state index contributed by atoms with van der Waals surface area (Å²) >= 11 is 0. The summed E-state index contributed by atoms with van der Waals surface area (Å²) < 4.78 is 0. The predicted octanol–water partition coefficient (Wildman–Crippen LogP) is 1.41. The molecule has 0 aromatic heterocycles. The molecule has 1 amide bonds. The lowest BCUT2D eigenvalue weighted by atomic mass is 9.77. The van der Waals surface area contributed by atoms with Gasteiger partial charge in [-0.2, -0.15) is 0 Å². The van der Waals surface area contributed by atoms with Gasteiger partial charge in [-0.25, -0.2) is 0 Å². The second kappa shape index (κ2) is 7.85. The van der Waals surface area contributed by atoms with Gasteiger partial charge in [-0.15, -0.1) is 0 Å². The zero-order valence-corrected chi connectivity index (χ0v) is 12.2. The van der Waals surface area contributed by atoms with E-state index in [0.717, 1.165) is 12.5 Å². The molecule has 110 valence electrons. The maximum Gasteiger partial charge on any atom is 0.221 e. The van der Waals surface area contributed by atoms with Gasteiger partial charge in [0.25, 0.3) is 0 Å². The largest absolute Gasteiger partial charge is 0.359 e. The fourth-order valence-electron chi connectivity index (χ4n) is 3.63. The van der Waals surface area contributed by atoms with Crippen molar-refractivity contribution in [3.05, 3.63) is 0 Å². The summed E-state index contributed by atoms with van der Waals surface area (Å²) in [6, 6.07) is 1.31. The lowest BCUT2D eigenvalue weighted by Gasteiger charge is -2.40. The van der Waals surface area contributed by atoms with Crippen molar-refractivity contribution < 1.29 is 4.79 Å². The third-order valence-electron chi connectivity index (χ3n) is 4.72. The highest BCUT2D eigenvalue weighted by atomic mass is 16.1. The first-order chi connectivity index (χ1) is 9.31. The highest BCUT2D eigenvalue weighted by Gasteiger charge is 2.31. The van der Waals surface area contributed by atoms with Crippen molar-refractivity contribution in [1.29, 1.82) is 0 Å². The van der Waals surface area contributed by atoms with Crippen LogP contribution in [0, 0.1) is 5.92 Å². The number of carbonyl (C=O) groups excluding carboxylic acids is 1. The molecule has 1 heterocycles. The lowest BCUT2D eigenvalue weighted by molar-refractivity contribution is -0.120. The van der Waals surface area contributed by atoms with Crippen molar-refractivity contribution in [3.63, 3.8) is 0 Å². The Morgan fingerprint density at radius 3 is 2.68 bits per heavy atom. The third kappa shape index (κ3) is 4.46. The van der Waals surface area contributed by atoms with E-state index in [1.807, 2.05) is 0 Å². The van der Waals surface area contributed by atoms with Crippen LogP contribution in [0.2, 0.25) is 0 Å². The molecule has 3 unspecified atom stereocenters. The van der Waals surface area contributed by atoms with Crippen molar-refractivity contribution in [1.82, 2.24) is 16.0 Å². The standard InChI is InChI=1S/C15H29N3O/c1-16-15(19)9-11-18-14-7-3-2-6-12(14)13-8-4-5-10-17-13/h12-14,17-18H,2-11H2,1H3,(H,16,19). The molecule has 19 heavy (non-hydrogen) atoms. The van der Waals surface area contributed by atoms with E-state index in [-0.39, 0.29) is 5.91 Å². The maximum absolute atomic E-state index is 11.3. The molecule has 1 aliphatic carbocycles. The third-order valence-corrected chi connectivity index (χ3v) is 4.72. The number of carbonyl (C=O) groups is 1. The molecule has 2 fully saturated rings. The molecule has 4 heteroatoms. The zero-order chi connectivity index (χ0) is 13.5. The van der Waals surface area contributed by atoms with Crippen LogP contribution in [-0.2, 0) is 4.79 Å². The topological polar surface area (TPSA) is 53.2 Å². The molecular weight excluding hydrogens is 238 g/mol. The first-order valence-electron chi connectivity index (χ1n) is 7.98. The van der Waals surface area contributed by atoms with Gasteiger partial charge in [0.05, 0.1) is 0 Å². The fourth-order valence-corrected chi connectivity index (χ4v) is 3.63. The van der Waals surface area contributed by atoms with Crippen LogP contribution in [0.3, 0.4) is 0 Å². The Morgan fingerprint density at radius 2 is 1.95 bits per heavy atom. The number of nitrogens with one attached hydrogen (secondary N) is 3. The minimum absolute atomic E-state index is 0.135. The zero-order valence-electron chi connectivity index (χ0n) is 12.2. The summed E-state index contributed by atoms with van der Waals surface area (Å²) in [6.07, 6.45) is 9.95. The Labute approximate surface area is 117 Å². The molecule has 1 aliphatic heterocycles. The number of piperidine rings is 1. The summed E-state index contributed by atoms with van der Waals surface area (Å²) in [7, 11) is 1.71. The van der Waals surface area contributed by atoms with Gasteiger partial charge in [0.1, 0.15) is 0 Å². The minimum Gasteiger partial charge on any atom is -0.359 e. The summed E-state index contributed by atoms with van der Waals surface area (Å²) in [4.78, 5) is 11.3. The number of hydrogen-bond acceptors (Lipinski definition) is 3. The molecule has 0 aromatic carbocycles. The van der Waals surface area contributed by atoms with Crippen molar-refractivity contribution in [2.24, 2.45) is 5.92 Å². The number of amides is 1. The quantitative estimate of drug-likeness (QED) is 0.706. The summed E-state index contributed by atoms with van der Waals surface area (Å²) in [5, 5.41) is 10.0. The SMILES string of the molecule is CNC(=O)CCNC1CCCCC1C1CCCCN1. The first kappa shape index (κ1) is 14.8.